The third kappa shape index (κ3) is 4.56. The van der Waals surface area contributed by atoms with Crippen molar-refractivity contribution in [2.75, 3.05) is 14.1 Å². The van der Waals surface area contributed by atoms with Crippen LogP contribution in [0.4, 0.5) is 4.79 Å². The molecule has 2 aromatic rings. The van der Waals surface area contributed by atoms with Crippen LogP contribution in [0.5, 0.6) is 0 Å². The van der Waals surface area contributed by atoms with Gasteiger partial charge < -0.3 is 10.2 Å². The number of hydrogen-bond donors (Lipinski definition) is 1. The van der Waals surface area contributed by atoms with E-state index in [2.05, 4.69) is 26.2 Å². The van der Waals surface area contributed by atoms with Gasteiger partial charge in [-0.05, 0) is 29.8 Å². The molecule has 1 atom stereocenters. The number of urea groups is 1. The molecule has 0 saturated heterocycles. The Morgan fingerprint density at radius 2 is 1.95 bits per heavy atom. The van der Waals surface area contributed by atoms with Gasteiger partial charge in [-0.3, -0.25) is 4.98 Å². The predicted molar refractivity (Wildman–Crippen MR) is 87.0 cm³/mol. The summed E-state index contributed by atoms with van der Waals surface area (Å²) in [4.78, 5) is 17.8. The maximum absolute atomic E-state index is 12.0. The largest absolute Gasteiger partial charge is 0.331 e. The Kier molecular flexibility index (Phi) is 5.33. The smallest absolute Gasteiger partial charge is 0.317 e. The SMILES string of the molecule is CN(C)C(=O)NC(Cc1ccccn1)c1ccc(Br)cc1. The highest BCUT2D eigenvalue weighted by molar-refractivity contribution is 9.10. The van der Waals surface area contributed by atoms with Crippen LogP contribution in [0.2, 0.25) is 0 Å². The van der Waals surface area contributed by atoms with Gasteiger partial charge in [0.1, 0.15) is 0 Å². The van der Waals surface area contributed by atoms with E-state index in [1.165, 1.54) is 4.90 Å². The zero-order valence-electron chi connectivity index (χ0n) is 12.1. The highest BCUT2D eigenvalue weighted by Gasteiger charge is 2.16. The Labute approximate surface area is 133 Å². The number of pyridine rings is 1. The van der Waals surface area contributed by atoms with Crippen molar-refractivity contribution in [3.05, 3.63) is 64.4 Å². The van der Waals surface area contributed by atoms with Crippen molar-refractivity contribution >= 4 is 22.0 Å². The average Bonchev–Trinajstić information content (AvgIpc) is 2.48. The van der Waals surface area contributed by atoms with Gasteiger partial charge >= 0.3 is 6.03 Å². The number of halogens is 1. The first-order chi connectivity index (χ1) is 10.1. The summed E-state index contributed by atoms with van der Waals surface area (Å²) in [5, 5.41) is 3.03. The van der Waals surface area contributed by atoms with E-state index in [-0.39, 0.29) is 12.1 Å². The Morgan fingerprint density at radius 1 is 1.24 bits per heavy atom. The summed E-state index contributed by atoms with van der Waals surface area (Å²) in [6.45, 7) is 0. The van der Waals surface area contributed by atoms with Crippen LogP contribution in [0.3, 0.4) is 0 Å². The molecular formula is C16H18BrN3O. The summed E-state index contributed by atoms with van der Waals surface area (Å²) in [6, 6.07) is 13.5. The molecule has 0 fully saturated rings. The van der Waals surface area contributed by atoms with Crippen molar-refractivity contribution in [1.82, 2.24) is 15.2 Å². The van der Waals surface area contributed by atoms with Gasteiger partial charge in [0.05, 0.1) is 6.04 Å². The number of hydrogen-bond acceptors (Lipinski definition) is 2. The van der Waals surface area contributed by atoms with Crippen molar-refractivity contribution in [2.24, 2.45) is 0 Å². The topological polar surface area (TPSA) is 45.2 Å². The molecule has 5 heteroatoms. The number of carbonyl (C=O) groups is 1. The van der Waals surface area contributed by atoms with E-state index in [0.717, 1.165) is 15.7 Å². The van der Waals surface area contributed by atoms with E-state index < -0.39 is 0 Å². The summed E-state index contributed by atoms with van der Waals surface area (Å²) in [7, 11) is 3.46. The standard InChI is InChI=1S/C16H18BrN3O/c1-20(2)16(21)19-15(11-14-5-3-4-10-18-14)12-6-8-13(17)9-7-12/h3-10,15H,11H2,1-2H3,(H,19,21). The molecule has 1 aromatic carbocycles. The van der Waals surface area contributed by atoms with E-state index in [1.54, 1.807) is 20.3 Å². The lowest BCUT2D eigenvalue weighted by Crippen LogP contribution is -2.38. The van der Waals surface area contributed by atoms with Crippen LogP contribution < -0.4 is 5.32 Å². The van der Waals surface area contributed by atoms with Crippen LogP contribution >= 0.6 is 15.9 Å². The first kappa shape index (κ1) is 15.5. The molecule has 4 nitrogen and oxygen atoms in total. The first-order valence-corrected chi connectivity index (χ1v) is 7.49. The van der Waals surface area contributed by atoms with Gasteiger partial charge in [-0.1, -0.05) is 34.1 Å². The Bertz CT molecular complexity index is 584. The second-order valence-corrected chi connectivity index (χ2v) is 5.89. The van der Waals surface area contributed by atoms with E-state index in [4.69, 9.17) is 0 Å². The van der Waals surface area contributed by atoms with E-state index in [1.807, 2.05) is 42.5 Å². The third-order valence-electron chi connectivity index (χ3n) is 3.12. The minimum absolute atomic E-state index is 0.108. The summed E-state index contributed by atoms with van der Waals surface area (Å²) in [5.74, 6) is 0. The van der Waals surface area contributed by atoms with Gasteiger partial charge in [-0.15, -0.1) is 0 Å². The second kappa shape index (κ2) is 7.22. The monoisotopic (exact) mass is 347 g/mol. The van der Waals surface area contributed by atoms with Gasteiger partial charge in [0.15, 0.2) is 0 Å². The molecule has 1 unspecified atom stereocenters. The van der Waals surface area contributed by atoms with Gasteiger partial charge in [-0.25, -0.2) is 4.79 Å². The number of carbonyl (C=O) groups excluding carboxylic acids is 1. The van der Waals surface area contributed by atoms with Crippen LogP contribution in [-0.2, 0) is 6.42 Å². The maximum atomic E-state index is 12.0. The molecular weight excluding hydrogens is 330 g/mol. The van der Waals surface area contributed by atoms with Crippen molar-refractivity contribution in [1.29, 1.82) is 0 Å². The predicted octanol–water partition coefficient (Wildman–Crippen LogP) is 3.40. The number of nitrogens with one attached hydrogen (secondary N) is 1. The number of nitrogens with zero attached hydrogens (tertiary/aromatic N) is 2. The summed E-state index contributed by atoms with van der Waals surface area (Å²) >= 11 is 3.43. The third-order valence-corrected chi connectivity index (χ3v) is 3.64. The fraction of sp³-hybridized carbons (Fsp3) is 0.250. The summed E-state index contributed by atoms with van der Waals surface area (Å²) in [5.41, 5.74) is 2.00. The fourth-order valence-electron chi connectivity index (χ4n) is 1.95. The van der Waals surface area contributed by atoms with Gasteiger partial charge in [0, 0.05) is 36.9 Å². The second-order valence-electron chi connectivity index (χ2n) is 4.97. The van der Waals surface area contributed by atoms with Gasteiger partial charge in [0.2, 0.25) is 0 Å². The molecule has 1 heterocycles. The van der Waals surface area contributed by atoms with Crippen molar-refractivity contribution in [3.8, 4) is 0 Å². The highest BCUT2D eigenvalue weighted by Crippen LogP contribution is 2.20. The minimum Gasteiger partial charge on any atom is -0.331 e. The van der Waals surface area contributed by atoms with E-state index in [9.17, 15) is 4.79 Å². The van der Waals surface area contributed by atoms with Crippen LogP contribution in [-0.4, -0.2) is 30.0 Å². The zero-order valence-corrected chi connectivity index (χ0v) is 13.7. The number of benzene rings is 1. The van der Waals surface area contributed by atoms with Crippen molar-refractivity contribution in [2.45, 2.75) is 12.5 Å². The van der Waals surface area contributed by atoms with Crippen molar-refractivity contribution in [3.63, 3.8) is 0 Å². The molecule has 0 saturated carbocycles. The summed E-state index contributed by atoms with van der Waals surface area (Å²) < 4.78 is 1.02. The molecule has 0 radical (unpaired) electrons. The fourth-order valence-corrected chi connectivity index (χ4v) is 2.22. The highest BCUT2D eigenvalue weighted by atomic mass is 79.9. The van der Waals surface area contributed by atoms with E-state index in [0.29, 0.717) is 6.42 Å². The quantitative estimate of drug-likeness (QED) is 0.921. The molecule has 0 bridgehead atoms. The van der Waals surface area contributed by atoms with Crippen LogP contribution in [0.25, 0.3) is 0 Å². The Hall–Kier alpha value is -1.88. The number of rotatable bonds is 4. The molecule has 2 rings (SSSR count). The molecule has 2 amide bonds. The average molecular weight is 348 g/mol. The minimum atomic E-state index is -0.112. The molecule has 0 spiro atoms. The Morgan fingerprint density at radius 3 is 2.52 bits per heavy atom. The Balaban J connectivity index is 2.21. The molecule has 21 heavy (non-hydrogen) atoms. The maximum Gasteiger partial charge on any atom is 0.317 e. The van der Waals surface area contributed by atoms with Crippen LogP contribution in [0, 0.1) is 0 Å². The first-order valence-electron chi connectivity index (χ1n) is 6.69. The molecule has 0 aliphatic carbocycles. The van der Waals surface area contributed by atoms with Gasteiger partial charge in [0.25, 0.3) is 0 Å². The zero-order chi connectivity index (χ0) is 15.2. The molecule has 1 aromatic heterocycles. The normalized spacial score (nSPS) is 11.8. The van der Waals surface area contributed by atoms with Gasteiger partial charge in [-0.2, -0.15) is 0 Å². The summed E-state index contributed by atoms with van der Waals surface area (Å²) in [6.07, 6.45) is 2.42. The van der Waals surface area contributed by atoms with E-state index >= 15 is 0 Å². The molecule has 1 N–H and O–H groups in total. The lowest BCUT2D eigenvalue weighted by Gasteiger charge is -2.21. The van der Waals surface area contributed by atoms with Crippen LogP contribution in [0.15, 0.2) is 53.1 Å². The van der Waals surface area contributed by atoms with Crippen LogP contribution in [0.1, 0.15) is 17.3 Å². The lowest BCUT2D eigenvalue weighted by molar-refractivity contribution is 0.213. The number of aromatic nitrogens is 1. The molecule has 0 aliphatic rings. The number of amides is 2. The van der Waals surface area contributed by atoms with Crippen molar-refractivity contribution < 1.29 is 4.79 Å². The molecule has 110 valence electrons. The molecule has 0 aliphatic heterocycles. The lowest BCUT2D eigenvalue weighted by atomic mass is 10.0.